The molecule has 2 fully saturated rings. The Balaban J connectivity index is 1.40. The molecule has 2 unspecified atom stereocenters. The molecule has 3 atom stereocenters. The summed E-state index contributed by atoms with van der Waals surface area (Å²) < 4.78 is 5.30. The second-order valence-electron chi connectivity index (χ2n) is 7.72. The van der Waals surface area contributed by atoms with Gasteiger partial charge in [0.25, 0.3) is 5.69 Å². The Kier molecular flexibility index (Phi) is 6.76. The third kappa shape index (κ3) is 4.70. The highest BCUT2D eigenvalue weighted by atomic mass is 32.2. The Morgan fingerprint density at radius 1 is 1.15 bits per heavy atom. The first kappa shape index (κ1) is 23.2. The number of carbonyl (C=O) groups is 3. The Morgan fingerprint density at radius 2 is 1.85 bits per heavy atom. The number of amides is 2. The van der Waals surface area contributed by atoms with Gasteiger partial charge in [-0.05, 0) is 23.3 Å². The van der Waals surface area contributed by atoms with Crippen molar-refractivity contribution in [3.8, 4) is 0 Å². The summed E-state index contributed by atoms with van der Waals surface area (Å²) >= 11 is 1.26. The van der Waals surface area contributed by atoms with Crippen molar-refractivity contribution in [2.24, 2.45) is 0 Å². The van der Waals surface area contributed by atoms with Gasteiger partial charge in [-0.25, -0.2) is 9.59 Å². The van der Waals surface area contributed by atoms with Crippen LogP contribution in [0.3, 0.4) is 0 Å². The fourth-order valence-electron chi connectivity index (χ4n) is 3.79. The van der Waals surface area contributed by atoms with Gasteiger partial charge in [0, 0.05) is 17.9 Å². The first-order valence-corrected chi connectivity index (χ1v) is 11.3. The average Bonchev–Trinajstić information content (AvgIpc) is 2.85. The van der Waals surface area contributed by atoms with E-state index in [4.69, 9.17) is 4.74 Å². The molecule has 2 saturated heterocycles. The van der Waals surface area contributed by atoms with Crippen molar-refractivity contribution in [3.63, 3.8) is 0 Å². The molecule has 34 heavy (non-hydrogen) atoms. The number of nitrogens with one attached hydrogen (secondary N) is 1. The number of benzene rings is 2. The molecule has 0 aliphatic carbocycles. The van der Waals surface area contributed by atoms with Crippen molar-refractivity contribution >= 4 is 41.2 Å². The Morgan fingerprint density at radius 3 is 2.50 bits per heavy atom. The number of rotatable bonds is 7. The molecule has 174 valence electrons. The molecule has 2 aliphatic rings. The van der Waals surface area contributed by atoms with Gasteiger partial charge in [-0.1, -0.05) is 30.3 Å². The van der Waals surface area contributed by atoms with Gasteiger partial charge in [0.15, 0.2) is 6.04 Å². The molecule has 2 aromatic rings. The molecule has 4 rings (SSSR count). The summed E-state index contributed by atoms with van der Waals surface area (Å²) in [5, 5.41) is 13.0. The Labute approximate surface area is 198 Å². The standard InChI is InChI=1S/C23H19N3O7S/c27-11-16-13-34-22-19(24-18(28)10-14-4-2-1-3-5-14)21(29)25(22)20(16)23(30)33-12-15-6-8-17(9-7-15)26(31)32/h1-9,19-20,22H,10,12-13H2,(H,24,28)/t19?,20?,22-/m0/s1. The zero-order valence-corrected chi connectivity index (χ0v) is 18.5. The molecule has 2 heterocycles. The van der Waals surface area contributed by atoms with Crippen LogP contribution in [0.2, 0.25) is 0 Å². The highest BCUT2D eigenvalue weighted by molar-refractivity contribution is 8.00. The van der Waals surface area contributed by atoms with E-state index in [0.29, 0.717) is 5.56 Å². The molecule has 0 spiro atoms. The van der Waals surface area contributed by atoms with Crippen LogP contribution < -0.4 is 5.32 Å². The summed E-state index contributed by atoms with van der Waals surface area (Å²) in [4.78, 5) is 60.9. The van der Waals surface area contributed by atoms with E-state index in [1.807, 2.05) is 30.3 Å². The lowest BCUT2D eigenvalue weighted by Gasteiger charge is -2.52. The van der Waals surface area contributed by atoms with Crippen LogP contribution in [-0.2, 0) is 36.9 Å². The number of β-lactam (4-membered cyclic amide) rings is 1. The molecule has 0 aromatic heterocycles. The normalized spacial score (nSPS) is 21.1. The van der Waals surface area contributed by atoms with E-state index in [2.05, 4.69) is 5.32 Å². The number of non-ortho nitro benzene ring substituents is 1. The quantitative estimate of drug-likeness (QED) is 0.206. The van der Waals surface area contributed by atoms with Crippen LogP contribution >= 0.6 is 11.8 Å². The number of nitro benzene ring substituents is 1. The van der Waals surface area contributed by atoms with Crippen LogP contribution in [-0.4, -0.2) is 56.8 Å². The molecule has 2 aliphatic heterocycles. The van der Waals surface area contributed by atoms with E-state index in [0.717, 1.165) is 5.56 Å². The zero-order chi connectivity index (χ0) is 24.2. The van der Waals surface area contributed by atoms with Gasteiger partial charge in [-0.2, -0.15) is 0 Å². The number of fused-ring (bicyclic) bond motifs is 1. The number of ether oxygens (including phenoxy) is 1. The van der Waals surface area contributed by atoms with E-state index in [1.165, 1.54) is 40.9 Å². The molecule has 2 aromatic carbocycles. The zero-order valence-electron chi connectivity index (χ0n) is 17.7. The minimum atomic E-state index is -1.23. The minimum Gasteiger partial charge on any atom is -0.459 e. The average molecular weight is 481 g/mol. The summed E-state index contributed by atoms with van der Waals surface area (Å²) in [6.07, 6.45) is 0.113. The molecule has 0 radical (unpaired) electrons. The molecule has 11 heteroatoms. The van der Waals surface area contributed by atoms with Crippen molar-refractivity contribution < 1.29 is 28.8 Å². The molecule has 1 N–H and O–H groups in total. The predicted octanol–water partition coefficient (Wildman–Crippen LogP) is 1.41. The number of nitrogens with zero attached hydrogens (tertiary/aromatic N) is 2. The summed E-state index contributed by atoms with van der Waals surface area (Å²) in [5.41, 5.74) is 1.30. The van der Waals surface area contributed by atoms with Crippen molar-refractivity contribution in [2.75, 3.05) is 5.75 Å². The predicted molar refractivity (Wildman–Crippen MR) is 121 cm³/mol. The maximum atomic E-state index is 12.8. The summed E-state index contributed by atoms with van der Waals surface area (Å²) in [6, 6.07) is 12.5. The number of hydrogen-bond donors (Lipinski definition) is 1. The van der Waals surface area contributed by atoms with E-state index in [1.54, 1.807) is 5.94 Å². The van der Waals surface area contributed by atoms with Crippen LogP contribution in [0.15, 0.2) is 60.2 Å². The molecule has 10 nitrogen and oxygen atoms in total. The third-order valence-corrected chi connectivity index (χ3v) is 6.82. The maximum Gasteiger partial charge on any atom is 0.334 e. The number of nitro groups is 1. The van der Waals surface area contributed by atoms with Gasteiger partial charge in [-0.15, -0.1) is 11.8 Å². The van der Waals surface area contributed by atoms with Gasteiger partial charge in [0.1, 0.15) is 24.0 Å². The second-order valence-corrected chi connectivity index (χ2v) is 8.82. The van der Waals surface area contributed by atoms with Crippen molar-refractivity contribution in [1.29, 1.82) is 0 Å². The lowest BCUT2D eigenvalue weighted by Crippen LogP contribution is -2.74. The summed E-state index contributed by atoms with van der Waals surface area (Å²) in [5.74, 6) is 0.298. The first-order valence-electron chi connectivity index (χ1n) is 10.3. The first-order chi connectivity index (χ1) is 16.4. The number of thioether (sulfide) groups is 1. The van der Waals surface area contributed by atoms with Crippen molar-refractivity contribution in [2.45, 2.75) is 30.5 Å². The smallest absolute Gasteiger partial charge is 0.334 e. The SMILES string of the molecule is O=C=C1CS[C@H]2C(NC(=O)Cc3ccccc3)C(=O)N2C1C(=O)OCc1ccc([N+](=O)[O-])cc1. The molecule has 2 amide bonds. The van der Waals surface area contributed by atoms with E-state index in [-0.39, 0.29) is 35.9 Å². The van der Waals surface area contributed by atoms with Crippen molar-refractivity contribution in [1.82, 2.24) is 10.2 Å². The largest absolute Gasteiger partial charge is 0.459 e. The van der Waals surface area contributed by atoms with Crippen LogP contribution in [0, 0.1) is 10.1 Å². The van der Waals surface area contributed by atoms with E-state index < -0.39 is 34.3 Å². The number of carbonyl (C=O) groups excluding carboxylic acids is 4. The van der Waals surface area contributed by atoms with Crippen molar-refractivity contribution in [3.05, 3.63) is 81.4 Å². The van der Waals surface area contributed by atoms with Gasteiger partial charge < -0.3 is 15.0 Å². The fourth-order valence-corrected chi connectivity index (χ4v) is 5.12. The fraction of sp³-hybridized carbons (Fsp3) is 0.261. The molecule has 0 bridgehead atoms. The number of hydrogen-bond acceptors (Lipinski definition) is 8. The van der Waals surface area contributed by atoms with E-state index >= 15 is 0 Å². The lowest BCUT2D eigenvalue weighted by atomic mass is 9.98. The lowest BCUT2D eigenvalue weighted by molar-refractivity contribution is -0.384. The van der Waals surface area contributed by atoms with Crippen LogP contribution in [0.25, 0.3) is 0 Å². The van der Waals surface area contributed by atoms with Crippen LogP contribution in [0.4, 0.5) is 5.69 Å². The molecular weight excluding hydrogens is 462 g/mol. The van der Waals surface area contributed by atoms with Crippen LogP contribution in [0.5, 0.6) is 0 Å². The highest BCUT2D eigenvalue weighted by Crippen LogP contribution is 2.40. The topological polar surface area (TPSA) is 136 Å². The molecular formula is C23H19N3O7S. The second kappa shape index (κ2) is 9.90. The maximum absolute atomic E-state index is 12.8. The molecule has 0 saturated carbocycles. The van der Waals surface area contributed by atoms with Gasteiger partial charge >= 0.3 is 5.97 Å². The Hall–Kier alpha value is -3.95. The third-order valence-electron chi connectivity index (χ3n) is 5.50. The van der Waals surface area contributed by atoms with Gasteiger partial charge in [0.2, 0.25) is 11.8 Å². The number of esters is 1. The highest BCUT2D eigenvalue weighted by Gasteiger charge is 2.57. The van der Waals surface area contributed by atoms with Gasteiger partial charge in [-0.3, -0.25) is 19.7 Å². The monoisotopic (exact) mass is 481 g/mol. The van der Waals surface area contributed by atoms with E-state index in [9.17, 15) is 29.3 Å². The van der Waals surface area contributed by atoms with Gasteiger partial charge in [0.05, 0.1) is 16.9 Å². The Bertz CT molecular complexity index is 1180. The summed E-state index contributed by atoms with van der Waals surface area (Å²) in [7, 11) is 0. The minimum absolute atomic E-state index is 0.0809. The summed E-state index contributed by atoms with van der Waals surface area (Å²) in [6.45, 7) is -0.184. The van der Waals surface area contributed by atoms with Crippen LogP contribution in [0.1, 0.15) is 11.1 Å².